The number of hydrogen-bond acceptors (Lipinski definition) is 1. The summed E-state index contributed by atoms with van der Waals surface area (Å²) in [5.41, 5.74) is 2.59. The van der Waals surface area contributed by atoms with E-state index in [1.54, 1.807) is 5.71 Å². The molecule has 0 amide bonds. The summed E-state index contributed by atoms with van der Waals surface area (Å²) >= 11 is 0. The predicted molar refractivity (Wildman–Crippen MR) is 89.6 cm³/mol. The molecule has 0 saturated heterocycles. The lowest BCUT2D eigenvalue weighted by Crippen LogP contribution is -2.52. The maximum atomic E-state index is 4.69. The Hall–Kier alpha value is -0.590. The molecule has 1 heteroatoms. The third-order valence-corrected chi connectivity index (χ3v) is 8.17. The monoisotopic (exact) mass is 285 g/mol. The zero-order valence-electron chi connectivity index (χ0n) is 14.1. The molecule has 3 fully saturated rings. The molecular weight excluding hydrogens is 254 g/mol. The van der Waals surface area contributed by atoms with E-state index in [0.717, 1.165) is 23.7 Å². The van der Waals surface area contributed by atoms with Gasteiger partial charge >= 0.3 is 0 Å². The normalized spacial score (nSPS) is 54.1. The highest BCUT2D eigenvalue weighted by Gasteiger charge is 2.58. The van der Waals surface area contributed by atoms with Crippen molar-refractivity contribution in [2.45, 2.75) is 65.2 Å². The number of fused-ring (bicyclic) bond motifs is 5. The van der Waals surface area contributed by atoms with Crippen LogP contribution in [0.1, 0.15) is 65.2 Å². The molecule has 3 saturated carbocycles. The molecule has 4 rings (SSSR count). The third-order valence-electron chi connectivity index (χ3n) is 8.17. The van der Waals surface area contributed by atoms with Gasteiger partial charge in [-0.3, -0.25) is 4.99 Å². The molecule has 0 bridgehead atoms. The highest BCUT2D eigenvalue weighted by Crippen LogP contribution is 2.64. The Labute approximate surface area is 130 Å². The zero-order valence-corrected chi connectivity index (χ0v) is 14.1. The van der Waals surface area contributed by atoms with Crippen molar-refractivity contribution in [2.24, 2.45) is 39.5 Å². The fourth-order valence-corrected chi connectivity index (χ4v) is 6.98. The Morgan fingerprint density at radius 3 is 2.71 bits per heavy atom. The molecule has 0 unspecified atom stereocenters. The number of nitrogens with zero attached hydrogens (tertiary/aromatic N) is 1. The molecule has 6 atom stereocenters. The minimum Gasteiger partial charge on any atom is -0.297 e. The van der Waals surface area contributed by atoms with Crippen molar-refractivity contribution in [1.29, 1.82) is 0 Å². The Kier molecular flexibility index (Phi) is 3.14. The molecule has 0 radical (unpaired) electrons. The van der Waals surface area contributed by atoms with Crippen LogP contribution >= 0.6 is 0 Å². The Balaban J connectivity index is 1.68. The van der Waals surface area contributed by atoms with E-state index in [1.807, 2.05) is 7.05 Å². The lowest BCUT2D eigenvalue weighted by Gasteiger charge is -2.58. The second kappa shape index (κ2) is 4.70. The summed E-state index contributed by atoms with van der Waals surface area (Å²) in [6.07, 6.45) is 16.3. The minimum atomic E-state index is 0.448. The smallest absolute Gasteiger partial charge is 0.0276 e. The summed E-state index contributed by atoms with van der Waals surface area (Å²) in [5, 5.41) is 0. The molecule has 4 aliphatic rings. The van der Waals surface area contributed by atoms with Crippen LogP contribution in [0.5, 0.6) is 0 Å². The molecule has 4 aliphatic carbocycles. The molecule has 0 aliphatic heterocycles. The molecule has 0 heterocycles. The van der Waals surface area contributed by atoms with Crippen molar-refractivity contribution < 1.29 is 0 Å². The van der Waals surface area contributed by atoms with E-state index in [4.69, 9.17) is 0 Å². The topological polar surface area (TPSA) is 12.4 Å². The molecule has 0 aromatic carbocycles. The molecule has 116 valence electrons. The van der Waals surface area contributed by atoms with Crippen molar-refractivity contribution in [3.63, 3.8) is 0 Å². The number of allylic oxidation sites excluding steroid dienone is 2. The number of hydrogen-bond donors (Lipinski definition) is 0. The summed E-state index contributed by atoms with van der Waals surface area (Å²) in [4.78, 5) is 4.69. The average molecular weight is 285 g/mol. The van der Waals surface area contributed by atoms with Crippen LogP contribution in [-0.4, -0.2) is 12.8 Å². The van der Waals surface area contributed by atoms with Gasteiger partial charge < -0.3 is 0 Å². The van der Waals surface area contributed by atoms with E-state index in [2.05, 4.69) is 31.0 Å². The van der Waals surface area contributed by atoms with Crippen LogP contribution in [0.2, 0.25) is 0 Å². The third kappa shape index (κ3) is 1.79. The van der Waals surface area contributed by atoms with Gasteiger partial charge in [0.15, 0.2) is 0 Å². The first-order chi connectivity index (χ1) is 10.1. The predicted octanol–water partition coefficient (Wildman–Crippen LogP) is 5.27. The SMILES string of the molecule is CN=C1CC[C@H]2[C@@H]3CC[C@H]4C=CCC[C@]4(C)[C@H]3CC[C@]12C. The second-order valence-electron chi connectivity index (χ2n) is 8.70. The molecule has 0 aromatic heterocycles. The fraction of sp³-hybridized carbons (Fsp3) is 0.850. The number of aliphatic imine (C=N–C) groups is 1. The van der Waals surface area contributed by atoms with E-state index in [0.29, 0.717) is 10.8 Å². The fourth-order valence-electron chi connectivity index (χ4n) is 6.98. The van der Waals surface area contributed by atoms with Gasteiger partial charge in [0.2, 0.25) is 0 Å². The first-order valence-electron chi connectivity index (χ1n) is 9.22. The highest BCUT2D eigenvalue weighted by atomic mass is 14.8. The molecule has 0 N–H and O–H groups in total. The van der Waals surface area contributed by atoms with Crippen LogP contribution in [0.3, 0.4) is 0 Å². The van der Waals surface area contributed by atoms with Gasteiger partial charge in [0.05, 0.1) is 0 Å². The van der Waals surface area contributed by atoms with Gasteiger partial charge in [-0.05, 0) is 80.5 Å². The average Bonchev–Trinajstić information content (AvgIpc) is 2.83. The molecular formula is C20H31N. The largest absolute Gasteiger partial charge is 0.297 e. The van der Waals surface area contributed by atoms with Crippen LogP contribution < -0.4 is 0 Å². The molecule has 1 nitrogen and oxygen atoms in total. The second-order valence-corrected chi connectivity index (χ2v) is 8.70. The van der Waals surface area contributed by atoms with Gasteiger partial charge in [0, 0.05) is 18.2 Å². The van der Waals surface area contributed by atoms with Crippen LogP contribution in [0.4, 0.5) is 0 Å². The van der Waals surface area contributed by atoms with E-state index in [-0.39, 0.29) is 0 Å². The maximum Gasteiger partial charge on any atom is 0.0276 e. The van der Waals surface area contributed by atoms with Gasteiger partial charge in [-0.15, -0.1) is 0 Å². The summed E-state index contributed by atoms with van der Waals surface area (Å²) in [6.45, 7) is 5.17. The Bertz CT molecular complexity index is 490. The first-order valence-corrected chi connectivity index (χ1v) is 9.22. The van der Waals surface area contributed by atoms with Crippen molar-refractivity contribution in [2.75, 3.05) is 7.05 Å². The van der Waals surface area contributed by atoms with Gasteiger partial charge in [-0.1, -0.05) is 26.0 Å². The van der Waals surface area contributed by atoms with Gasteiger partial charge in [0.25, 0.3) is 0 Å². The molecule has 0 spiro atoms. The first kappa shape index (κ1) is 14.0. The standard InChI is InChI=1S/C20H31N/c1-19-12-5-4-6-14(19)7-8-15-16-9-10-18(21-3)20(16,2)13-11-17(15)19/h4,6,14-17H,5,7-13H2,1-3H3/t14-,15+,16+,17+,19+,20+/m1/s1. The van der Waals surface area contributed by atoms with Gasteiger partial charge in [0.1, 0.15) is 0 Å². The van der Waals surface area contributed by atoms with E-state index in [1.165, 1.54) is 51.4 Å². The van der Waals surface area contributed by atoms with Gasteiger partial charge in [-0.25, -0.2) is 0 Å². The highest BCUT2D eigenvalue weighted by molar-refractivity contribution is 5.92. The summed E-state index contributed by atoms with van der Waals surface area (Å²) in [5.74, 6) is 3.77. The summed E-state index contributed by atoms with van der Waals surface area (Å²) in [6, 6.07) is 0. The molecule has 21 heavy (non-hydrogen) atoms. The summed E-state index contributed by atoms with van der Waals surface area (Å²) in [7, 11) is 2.03. The van der Waals surface area contributed by atoms with Crippen molar-refractivity contribution >= 4 is 5.71 Å². The van der Waals surface area contributed by atoms with E-state index < -0.39 is 0 Å². The van der Waals surface area contributed by atoms with E-state index in [9.17, 15) is 0 Å². The minimum absolute atomic E-state index is 0.448. The Morgan fingerprint density at radius 1 is 1.05 bits per heavy atom. The van der Waals surface area contributed by atoms with Crippen LogP contribution in [0, 0.1) is 34.5 Å². The quantitative estimate of drug-likeness (QED) is 0.538. The van der Waals surface area contributed by atoms with E-state index >= 15 is 0 Å². The maximum absolute atomic E-state index is 4.69. The lowest BCUT2D eigenvalue weighted by molar-refractivity contribution is -0.0692. The number of rotatable bonds is 0. The van der Waals surface area contributed by atoms with Crippen LogP contribution in [0.25, 0.3) is 0 Å². The Morgan fingerprint density at radius 2 is 1.90 bits per heavy atom. The van der Waals surface area contributed by atoms with Crippen LogP contribution in [-0.2, 0) is 0 Å². The molecule has 0 aromatic rings. The zero-order chi connectivity index (χ0) is 14.7. The van der Waals surface area contributed by atoms with Crippen molar-refractivity contribution in [3.05, 3.63) is 12.2 Å². The lowest BCUT2D eigenvalue weighted by atomic mass is 9.46. The van der Waals surface area contributed by atoms with Crippen LogP contribution in [0.15, 0.2) is 17.1 Å². The summed E-state index contributed by atoms with van der Waals surface area (Å²) < 4.78 is 0. The van der Waals surface area contributed by atoms with Gasteiger partial charge in [-0.2, -0.15) is 0 Å². The van der Waals surface area contributed by atoms with Crippen molar-refractivity contribution in [1.82, 2.24) is 0 Å². The van der Waals surface area contributed by atoms with Crippen molar-refractivity contribution in [3.8, 4) is 0 Å².